The zero-order valence-electron chi connectivity index (χ0n) is 9.03. The predicted molar refractivity (Wildman–Crippen MR) is 69.9 cm³/mol. The van der Waals surface area contributed by atoms with Crippen molar-refractivity contribution in [2.75, 3.05) is 0 Å². The van der Waals surface area contributed by atoms with E-state index >= 15 is 0 Å². The van der Waals surface area contributed by atoms with E-state index < -0.39 is 0 Å². The topological polar surface area (TPSA) is 0 Å². The van der Waals surface area contributed by atoms with Crippen molar-refractivity contribution in [1.29, 1.82) is 0 Å². The lowest BCUT2D eigenvalue weighted by atomic mass is 9.97. The average molecular weight is 212 g/mol. The SMILES string of the molecule is Bc1ccc(Sc2ccc(C)cc2)cc1. The molecule has 2 rings (SSSR count). The van der Waals surface area contributed by atoms with Crippen LogP contribution in [0.3, 0.4) is 0 Å². The lowest BCUT2D eigenvalue weighted by Crippen LogP contribution is -1.98. The Bertz CT molecular complexity index is 388. The summed E-state index contributed by atoms with van der Waals surface area (Å²) in [6.07, 6.45) is 0. The van der Waals surface area contributed by atoms with Gasteiger partial charge in [0, 0.05) is 9.79 Å². The van der Waals surface area contributed by atoms with Crippen LogP contribution >= 0.6 is 11.8 Å². The zero-order valence-corrected chi connectivity index (χ0v) is 9.84. The molecule has 0 radical (unpaired) electrons. The summed E-state index contributed by atoms with van der Waals surface area (Å²) in [4.78, 5) is 2.59. The maximum absolute atomic E-state index is 2.17. The van der Waals surface area contributed by atoms with Crippen LogP contribution in [0.15, 0.2) is 58.3 Å². The summed E-state index contributed by atoms with van der Waals surface area (Å²) in [5.41, 5.74) is 2.62. The molecular weight excluding hydrogens is 199 g/mol. The molecule has 0 aliphatic rings. The fourth-order valence-electron chi connectivity index (χ4n) is 1.35. The Balaban J connectivity index is 2.15. The second-order valence-electron chi connectivity index (χ2n) is 3.73. The van der Waals surface area contributed by atoms with Crippen LogP contribution in [-0.4, -0.2) is 7.85 Å². The molecule has 2 aromatic rings. The normalized spacial score (nSPS) is 10.2. The first-order chi connectivity index (χ1) is 7.24. The van der Waals surface area contributed by atoms with Crippen LogP contribution in [0.5, 0.6) is 0 Å². The summed E-state index contributed by atoms with van der Waals surface area (Å²) in [5, 5.41) is 0. The second kappa shape index (κ2) is 4.58. The van der Waals surface area contributed by atoms with Crippen molar-refractivity contribution in [3.05, 3.63) is 54.1 Å². The Labute approximate surface area is 96.1 Å². The van der Waals surface area contributed by atoms with Gasteiger partial charge in [0.25, 0.3) is 0 Å². The van der Waals surface area contributed by atoms with E-state index in [4.69, 9.17) is 0 Å². The molecular formula is C13H13BS. The molecule has 0 fully saturated rings. The van der Waals surface area contributed by atoms with Gasteiger partial charge in [0.2, 0.25) is 0 Å². The number of benzene rings is 2. The molecule has 0 nitrogen and oxygen atoms in total. The summed E-state index contributed by atoms with van der Waals surface area (Å²) in [6, 6.07) is 17.3. The van der Waals surface area contributed by atoms with Crippen molar-refractivity contribution in [2.45, 2.75) is 16.7 Å². The van der Waals surface area contributed by atoms with Crippen LogP contribution in [0.1, 0.15) is 5.56 Å². The largest absolute Gasteiger partial charge is 0.139 e. The molecule has 0 saturated heterocycles. The van der Waals surface area contributed by atoms with Gasteiger partial charge in [-0.3, -0.25) is 0 Å². The van der Waals surface area contributed by atoms with Gasteiger partial charge in [-0.2, -0.15) is 0 Å². The van der Waals surface area contributed by atoms with Crippen LogP contribution in [0, 0.1) is 6.92 Å². The smallest absolute Gasteiger partial charge is 0.0901 e. The Morgan fingerprint density at radius 2 is 1.27 bits per heavy atom. The summed E-state index contributed by atoms with van der Waals surface area (Å²) in [6.45, 7) is 2.11. The highest BCUT2D eigenvalue weighted by Crippen LogP contribution is 2.26. The molecule has 0 bridgehead atoms. The standard InChI is InChI=1S/C13H13BS/c1-10-2-6-12(7-3-10)15-13-8-4-11(14)5-9-13/h2-9H,14H2,1H3. The van der Waals surface area contributed by atoms with Gasteiger partial charge in [-0.05, 0) is 31.2 Å². The minimum atomic E-state index is 1.30. The van der Waals surface area contributed by atoms with Crippen molar-refractivity contribution in [3.8, 4) is 0 Å². The van der Waals surface area contributed by atoms with E-state index in [2.05, 4.69) is 63.3 Å². The number of aryl methyl sites for hydroxylation is 1. The van der Waals surface area contributed by atoms with Crippen molar-refractivity contribution in [1.82, 2.24) is 0 Å². The molecule has 0 aromatic heterocycles. The highest BCUT2D eigenvalue weighted by atomic mass is 32.2. The first-order valence-corrected chi connectivity index (χ1v) is 5.87. The summed E-state index contributed by atoms with van der Waals surface area (Å²) >= 11 is 1.80. The first kappa shape index (κ1) is 10.4. The van der Waals surface area contributed by atoms with Gasteiger partial charge in [0.15, 0.2) is 0 Å². The lowest BCUT2D eigenvalue weighted by molar-refractivity contribution is 1.36. The maximum atomic E-state index is 2.17. The minimum Gasteiger partial charge on any atom is -0.0901 e. The monoisotopic (exact) mass is 212 g/mol. The fourth-order valence-corrected chi connectivity index (χ4v) is 2.17. The third-order valence-electron chi connectivity index (χ3n) is 2.28. The van der Waals surface area contributed by atoms with Gasteiger partial charge in [0.1, 0.15) is 7.85 Å². The maximum Gasteiger partial charge on any atom is 0.139 e. The highest BCUT2D eigenvalue weighted by molar-refractivity contribution is 7.99. The van der Waals surface area contributed by atoms with E-state index in [9.17, 15) is 0 Å². The summed E-state index contributed by atoms with van der Waals surface area (Å²) < 4.78 is 0. The Hall–Kier alpha value is -1.15. The molecule has 0 unspecified atom stereocenters. The molecule has 0 amide bonds. The Morgan fingerprint density at radius 3 is 1.80 bits per heavy atom. The van der Waals surface area contributed by atoms with Gasteiger partial charge < -0.3 is 0 Å². The first-order valence-electron chi connectivity index (χ1n) is 5.05. The number of hydrogen-bond acceptors (Lipinski definition) is 1. The van der Waals surface area contributed by atoms with E-state index in [0.29, 0.717) is 0 Å². The Kier molecular flexibility index (Phi) is 3.17. The quantitative estimate of drug-likeness (QED) is 0.689. The molecule has 0 heterocycles. The molecule has 0 atom stereocenters. The van der Waals surface area contributed by atoms with Crippen LogP contribution in [0.25, 0.3) is 0 Å². The van der Waals surface area contributed by atoms with Crippen molar-refractivity contribution < 1.29 is 0 Å². The molecule has 0 spiro atoms. The van der Waals surface area contributed by atoms with Crippen LogP contribution < -0.4 is 5.46 Å². The molecule has 2 aromatic carbocycles. The van der Waals surface area contributed by atoms with Gasteiger partial charge in [-0.15, -0.1) is 0 Å². The Morgan fingerprint density at radius 1 is 0.800 bits per heavy atom. The molecule has 0 saturated carbocycles. The molecule has 15 heavy (non-hydrogen) atoms. The summed E-state index contributed by atoms with van der Waals surface area (Å²) in [5.74, 6) is 0. The van der Waals surface area contributed by atoms with Crippen molar-refractivity contribution in [3.63, 3.8) is 0 Å². The number of rotatable bonds is 2. The minimum absolute atomic E-state index is 1.30. The van der Waals surface area contributed by atoms with Gasteiger partial charge in [-0.25, -0.2) is 0 Å². The van der Waals surface area contributed by atoms with E-state index in [1.807, 2.05) is 0 Å². The lowest BCUT2D eigenvalue weighted by Gasteiger charge is -2.02. The third kappa shape index (κ3) is 2.90. The van der Waals surface area contributed by atoms with Gasteiger partial charge >= 0.3 is 0 Å². The van der Waals surface area contributed by atoms with Gasteiger partial charge in [-0.1, -0.05) is 47.1 Å². The van der Waals surface area contributed by atoms with E-state index in [0.717, 1.165) is 0 Å². The van der Waals surface area contributed by atoms with Crippen molar-refractivity contribution in [2.24, 2.45) is 0 Å². The second-order valence-corrected chi connectivity index (χ2v) is 4.88. The highest BCUT2D eigenvalue weighted by Gasteiger charge is 1.96. The van der Waals surface area contributed by atoms with Gasteiger partial charge in [0.05, 0.1) is 0 Å². The number of hydrogen-bond donors (Lipinski definition) is 0. The van der Waals surface area contributed by atoms with E-state index in [1.165, 1.54) is 20.8 Å². The molecule has 2 heteroatoms. The molecule has 0 N–H and O–H groups in total. The molecule has 0 aliphatic heterocycles. The average Bonchev–Trinajstić information content (AvgIpc) is 2.25. The molecule has 0 aliphatic carbocycles. The van der Waals surface area contributed by atoms with Crippen LogP contribution in [0.4, 0.5) is 0 Å². The summed E-state index contributed by atoms with van der Waals surface area (Å²) in [7, 11) is 2.11. The van der Waals surface area contributed by atoms with Crippen molar-refractivity contribution >= 4 is 25.1 Å². The van der Waals surface area contributed by atoms with Crippen LogP contribution in [-0.2, 0) is 0 Å². The predicted octanol–water partition coefficient (Wildman–Crippen LogP) is 2.40. The molecule has 74 valence electrons. The third-order valence-corrected chi connectivity index (χ3v) is 3.29. The van der Waals surface area contributed by atoms with E-state index in [1.54, 1.807) is 11.8 Å². The van der Waals surface area contributed by atoms with E-state index in [-0.39, 0.29) is 0 Å². The van der Waals surface area contributed by atoms with Crippen LogP contribution in [0.2, 0.25) is 0 Å². The fraction of sp³-hybridized carbons (Fsp3) is 0.0769. The zero-order chi connectivity index (χ0) is 10.7.